The Morgan fingerprint density at radius 2 is 0.920 bits per heavy atom. The van der Waals surface area contributed by atoms with Crippen LogP contribution < -0.4 is 9.47 Å². The molecule has 130 valence electrons. The van der Waals surface area contributed by atoms with Crippen LogP contribution in [0.5, 0.6) is 11.5 Å². The Kier molecular flexibility index (Phi) is 9.88. The lowest BCUT2D eigenvalue weighted by molar-refractivity contribution is 0.101. The van der Waals surface area contributed by atoms with E-state index in [9.17, 15) is 4.79 Å². The largest absolute Gasteiger partial charge is 0.497 e. The monoisotopic (exact) mass is 336 g/mol. The predicted molar refractivity (Wildman–Crippen MR) is 102 cm³/mol. The number of ether oxygens (including phenoxy) is 2. The van der Waals surface area contributed by atoms with Gasteiger partial charge in [-0.2, -0.15) is 0 Å². The summed E-state index contributed by atoms with van der Waals surface area (Å²) in [4.78, 5) is 10.6. The van der Waals surface area contributed by atoms with Gasteiger partial charge in [0.05, 0.1) is 14.2 Å². The Morgan fingerprint density at radius 3 is 1.12 bits per heavy atom. The summed E-state index contributed by atoms with van der Waals surface area (Å²) >= 11 is 0. The third kappa shape index (κ3) is 8.96. The Labute approximate surface area is 149 Å². The van der Waals surface area contributed by atoms with Crippen LogP contribution in [0.4, 0.5) is 0 Å². The van der Waals surface area contributed by atoms with E-state index in [1.54, 1.807) is 21.1 Å². The lowest BCUT2D eigenvalue weighted by atomic mass is 10.2. The van der Waals surface area contributed by atoms with Crippen LogP contribution in [0, 0.1) is 0 Å². The molecule has 0 bridgehead atoms. The molecule has 3 aromatic carbocycles. The molecular weight excluding hydrogens is 312 g/mol. The first-order valence-electron chi connectivity index (χ1n) is 7.91. The second-order valence-corrected chi connectivity index (χ2v) is 4.96. The molecule has 0 radical (unpaired) electrons. The molecule has 0 fully saturated rings. The third-order valence-corrected chi connectivity index (χ3v) is 3.14. The van der Waals surface area contributed by atoms with Crippen molar-refractivity contribution < 1.29 is 14.3 Å². The Morgan fingerprint density at radius 1 is 0.600 bits per heavy atom. The molecule has 3 heteroatoms. The van der Waals surface area contributed by atoms with Crippen molar-refractivity contribution in [2.45, 2.75) is 6.92 Å². The first-order valence-corrected chi connectivity index (χ1v) is 7.91. The number of Topliss-reactive ketones (excluding diaryl/α,β-unsaturated/α-hetero) is 1. The first kappa shape index (κ1) is 20.0. The van der Waals surface area contributed by atoms with Crippen molar-refractivity contribution in [2.75, 3.05) is 14.2 Å². The number of methoxy groups -OCH3 is 2. The summed E-state index contributed by atoms with van der Waals surface area (Å²) in [7, 11) is 3.32. The second-order valence-electron chi connectivity index (χ2n) is 4.96. The zero-order valence-electron chi connectivity index (χ0n) is 14.9. The third-order valence-electron chi connectivity index (χ3n) is 3.14. The van der Waals surface area contributed by atoms with E-state index in [4.69, 9.17) is 9.47 Å². The van der Waals surface area contributed by atoms with E-state index in [1.165, 1.54) is 0 Å². The molecule has 25 heavy (non-hydrogen) atoms. The second kappa shape index (κ2) is 12.4. The SMILES string of the molecule is CC(=O)c1ccccc1.COc1ccccc1.COc1ccccc1. The summed E-state index contributed by atoms with van der Waals surface area (Å²) in [6.45, 7) is 1.56. The van der Waals surface area contributed by atoms with Gasteiger partial charge in [-0.1, -0.05) is 66.7 Å². The maximum absolute atomic E-state index is 10.6. The number of benzene rings is 3. The molecule has 0 aliphatic heterocycles. The van der Waals surface area contributed by atoms with Crippen molar-refractivity contribution in [3.05, 3.63) is 96.6 Å². The van der Waals surface area contributed by atoms with Gasteiger partial charge in [0.2, 0.25) is 0 Å². The molecule has 0 heterocycles. The smallest absolute Gasteiger partial charge is 0.159 e. The number of carbonyl (C=O) groups excluding carboxylic acids is 1. The average Bonchev–Trinajstić information content (AvgIpc) is 2.71. The van der Waals surface area contributed by atoms with Crippen LogP contribution in [0.3, 0.4) is 0 Å². The minimum Gasteiger partial charge on any atom is -0.497 e. The maximum Gasteiger partial charge on any atom is 0.159 e. The van der Waals surface area contributed by atoms with Crippen LogP contribution >= 0.6 is 0 Å². The average molecular weight is 336 g/mol. The summed E-state index contributed by atoms with van der Waals surface area (Å²) in [5, 5.41) is 0. The highest BCUT2D eigenvalue weighted by Gasteiger charge is 1.92. The van der Waals surface area contributed by atoms with Crippen molar-refractivity contribution in [3.8, 4) is 11.5 Å². The zero-order valence-corrected chi connectivity index (χ0v) is 14.9. The Balaban J connectivity index is 0.000000188. The minimum absolute atomic E-state index is 0.121. The lowest BCUT2D eigenvalue weighted by Gasteiger charge is -1.93. The van der Waals surface area contributed by atoms with E-state index in [2.05, 4.69) is 0 Å². The Hall–Kier alpha value is -3.07. The van der Waals surface area contributed by atoms with Crippen LogP contribution in [0.25, 0.3) is 0 Å². The number of ketones is 1. The van der Waals surface area contributed by atoms with Gasteiger partial charge < -0.3 is 9.47 Å². The van der Waals surface area contributed by atoms with Crippen LogP contribution in [0.15, 0.2) is 91.0 Å². The number of rotatable bonds is 3. The Bertz CT molecular complexity index is 656. The molecule has 3 nitrogen and oxygen atoms in total. The standard InChI is InChI=1S/C8H8O.2C7H8O/c1-7(9)8-5-3-2-4-6-8;2*1-8-7-5-3-2-4-6-7/h2-6H,1H3;2*2-6H,1H3. The van der Waals surface area contributed by atoms with Crippen molar-refractivity contribution >= 4 is 5.78 Å². The molecule has 0 spiro atoms. The van der Waals surface area contributed by atoms with Gasteiger partial charge in [-0.15, -0.1) is 0 Å². The van der Waals surface area contributed by atoms with Gasteiger partial charge in [0.25, 0.3) is 0 Å². The quantitative estimate of drug-likeness (QED) is 0.610. The van der Waals surface area contributed by atoms with Crippen LogP contribution in [-0.2, 0) is 0 Å². The van der Waals surface area contributed by atoms with Crippen molar-refractivity contribution in [1.29, 1.82) is 0 Å². The molecule has 0 aliphatic carbocycles. The van der Waals surface area contributed by atoms with Crippen molar-refractivity contribution in [3.63, 3.8) is 0 Å². The molecule has 0 atom stereocenters. The molecule has 0 saturated heterocycles. The summed E-state index contributed by atoms with van der Waals surface area (Å²) in [6.07, 6.45) is 0. The summed E-state index contributed by atoms with van der Waals surface area (Å²) in [5.41, 5.74) is 0.775. The van der Waals surface area contributed by atoms with E-state index in [0.29, 0.717) is 0 Å². The zero-order chi connectivity index (χ0) is 18.3. The maximum atomic E-state index is 10.6. The summed E-state index contributed by atoms with van der Waals surface area (Å²) in [6, 6.07) is 28.6. The van der Waals surface area contributed by atoms with Gasteiger partial charge in [0.1, 0.15) is 11.5 Å². The fourth-order valence-corrected chi connectivity index (χ4v) is 1.79. The highest BCUT2D eigenvalue weighted by atomic mass is 16.5. The molecule has 0 aliphatic rings. The van der Waals surface area contributed by atoms with E-state index in [1.807, 2.05) is 91.0 Å². The van der Waals surface area contributed by atoms with Crippen molar-refractivity contribution in [2.24, 2.45) is 0 Å². The molecule has 3 aromatic rings. The van der Waals surface area contributed by atoms with E-state index in [-0.39, 0.29) is 5.78 Å². The predicted octanol–water partition coefficient (Wildman–Crippen LogP) is 5.28. The number of para-hydroxylation sites is 2. The fourth-order valence-electron chi connectivity index (χ4n) is 1.79. The highest BCUT2D eigenvalue weighted by molar-refractivity contribution is 5.93. The van der Waals surface area contributed by atoms with E-state index < -0.39 is 0 Å². The fraction of sp³-hybridized carbons (Fsp3) is 0.136. The lowest BCUT2D eigenvalue weighted by Crippen LogP contribution is -1.88. The normalized spacial score (nSPS) is 8.76. The van der Waals surface area contributed by atoms with Crippen LogP contribution in [0.2, 0.25) is 0 Å². The minimum atomic E-state index is 0.121. The van der Waals surface area contributed by atoms with Gasteiger partial charge in [0.15, 0.2) is 5.78 Å². The molecule has 0 N–H and O–H groups in total. The molecule has 0 aromatic heterocycles. The summed E-state index contributed by atoms with van der Waals surface area (Å²) < 4.78 is 9.83. The molecule has 3 rings (SSSR count). The molecule has 0 amide bonds. The number of carbonyl (C=O) groups is 1. The van der Waals surface area contributed by atoms with Gasteiger partial charge in [-0.25, -0.2) is 0 Å². The first-order chi connectivity index (χ1) is 12.2. The van der Waals surface area contributed by atoms with Gasteiger partial charge >= 0.3 is 0 Å². The topological polar surface area (TPSA) is 35.5 Å². The molecular formula is C22H24O3. The van der Waals surface area contributed by atoms with Crippen LogP contribution in [-0.4, -0.2) is 20.0 Å². The van der Waals surface area contributed by atoms with Crippen LogP contribution in [0.1, 0.15) is 17.3 Å². The number of hydrogen-bond acceptors (Lipinski definition) is 3. The molecule has 0 unspecified atom stereocenters. The van der Waals surface area contributed by atoms with Gasteiger partial charge in [-0.05, 0) is 31.2 Å². The van der Waals surface area contributed by atoms with Crippen molar-refractivity contribution in [1.82, 2.24) is 0 Å². The summed E-state index contributed by atoms with van der Waals surface area (Å²) in [5.74, 6) is 1.94. The van der Waals surface area contributed by atoms with Gasteiger partial charge in [0, 0.05) is 5.56 Å². The van der Waals surface area contributed by atoms with E-state index in [0.717, 1.165) is 17.1 Å². The molecule has 0 saturated carbocycles. The van der Waals surface area contributed by atoms with E-state index >= 15 is 0 Å². The highest BCUT2D eigenvalue weighted by Crippen LogP contribution is 2.06. The number of hydrogen-bond donors (Lipinski definition) is 0. The van der Waals surface area contributed by atoms with Gasteiger partial charge in [-0.3, -0.25) is 4.79 Å².